The SMILES string of the molecule is O=C(C[NH+]1CC=C(c2ccccc2)CC1)Nc1ccccc1OC(F)F. The van der Waals surface area contributed by atoms with Gasteiger partial charge in [-0.1, -0.05) is 42.5 Å². The Kier molecular flexibility index (Phi) is 5.96. The third-order valence-electron chi connectivity index (χ3n) is 4.32. The Morgan fingerprint density at radius 2 is 1.85 bits per heavy atom. The van der Waals surface area contributed by atoms with Crippen LogP contribution in [0.15, 0.2) is 60.7 Å². The molecule has 0 aliphatic carbocycles. The molecule has 0 saturated heterocycles. The summed E-state index contributed by atoms with van der Waals surface area (Å²) in [6.45, 7) is -1.04. The Morgan fingerprint density at radius 3 is 2.54 bits per heavy atom. The number of quaternary nitrogens is 1. The number of hydrogen-bond donors (Lipinski definition) is 2. The molecule has 3 rings (SSSR count). The predicted octanol–water partition coefficient (Wildman–Crippen LogP) is 2.60. The first-order valence-corrected chi connectivity index (χ1v) is 8.53. The van der Waals surface area contributed by atoms with Crippen molar-refractivity contribution < 1.29 is 23.2 Å². The Morgan fingerprint density at radius 1 is 1.12 bits per heavy atom. The summed E-state index contributed by atoms with van der Waals surface area (Å²) in [7, 11) is 0. The maximum Gasteiger partial charge on any atom is 0.387 e. The number of carbonyl (C=O) groups excluding carboxylic acids is 1. The van der Waals surface area contributed by atoms with E-state index in [9.17, 15) is 13.6 Å². The molecule has 0 bridgehead atoms. The third-order valence-corrected chi connectivity index (χ3v) is 4.32. The zero-order valence-corrected chi connectivity index (χ0v) is 14.3. The molecule has 4 nitrogen and oxygen atoms in total. The van der Waals surface area contributed by atoms with E-state index in [0.717, 1.165) is 24.4 Å². The number of anilines is 1. The summed E-state index contributed by atoms with van der Waals surface area (Å²) in [5.41, 5.74) is 2.77. The molecule has 1 aliphatic rings. The van der Waals surface area contributed by atoms with Crippen molar-refractivity contribution >= 4 is 17.2 Å². The minimum atomic E-state index is -2.93. The average molecular weight is 359 g/mol. The number of nitrogens with one attached hydrogen (secondary N) is 2. The van der Waals surface area contributed by atoms with Crippen LogP contribution in [0.2, 0.25) is 0 Å². The number of halogens is 2. The van der Waals surface area contributed by atoms with Gasteiger partial charge in [-0.05, 0) is 29.3 Å². The van der Waals surface area contributed by atoms with Gasteiger partial charge in [0.1, 0.15) is 5.75 Å². The largest absolute Gasteiger partial charge is 0.433 e. The van der Waals surface area contributed by atoms with Gasteiger partial charge in [0.15, 0.2) is 6.54 Å². The molecule has 1 atom stereocenters. The van der Waals surface area contributed by atoms with E-state index in [-0.39, 0.29) is 23.9 Å². The fraction of sp³-hybridized carbons (Fsp3) is 0.250. The van der Waals surface area contributed by atoms with Gasteiger partial charge in [-0.15, -0.1) is 0 Å². The lowest BCUT2D eigenvalue weighted by Gasteiger charge is -2.23. The van der Waals surface area contributed by atoms with Crippen LogP contribution in [0, 0.1) is 0 Å². The lowest BCUT2D eigenvalue weighted by Crippen LogP contribution is -3.13. The summed E-state index contributed by atoms with van der Waals surface area (Å²) in [5, 5.41) is 2.67. The van der Waals surface area contributed by atoms with Crippen molar-refractivity contribution in [2.45, 2.75) is 13.0 Å². The van der Waals surface area contributed by atoms with Crippen molar-refractivity contribution in [3.8, 4) is 5.75 Å². The molecule has 2 N–H and O–H groups in total. The maximum atomic E-state index is 12.4. The number of benzene rings is 2. The Bertz CT molecular complexity index is 778. The van der Waals surface area contributed by atoms with Gasteiger partial charge in [-0.25, -0.2) is 0 Å². The summed E-state index contributed by atoms with van der Waals surface area (Å²) >= 11 is 0. The summed E-state index contributed by atoms with van der Waals surface area (Å²) in [6.07, 6.45) is 3.06. The molecular weight excluding hydrogens is 338 g/mol. The van der Waals surface area contributed by atoms with Crippen LogP contribution in [0.3, 0.4) is 0 Å². The van der Waals surface area contributed by atoms with E-state index in [1.54, 1.807) is 18.2 Å². The number of hydrogen-bond acceptors (Lipinski definition) is 2. The van der Waals surface area contributed by atoms with E-state index in [0.29, 0.717) is 0 Å². The van der Waals surface area contributed by atoms with E-state index in [1.807, 2.05) is 18.2 Å². The van der Waals surface area contributed by atoms with Crippen molar-refractivity contribution in [2.75, 3.05) is 25.0 Å². The molecule has 0 aromatic heterocycles. The van der Waals surface area contributed by atoms with E-state index >= 15 is 0 Å². The zero-order valence-electron chi connectivity index (χ0n) is 14.3. The zero-order chi connectivity index (χ0) is 18.4. The van der Waals surface area contributed by atoms with Gasteiger partial charge < -0.3 is 15.0 Å². The molecule has 6 heteroatoms. The van der Waals surface area contributed by atoms with Gasteiger partial charge in [0.05, 0.1) is 18.8 Å². The number of alkyl halides is 2. The topological polar surface area (TPSA) is 42.8 Å². The number of rotatable bonds is 6. The smallest absolute Gasteiger partial charge is 0.387 e. The monoisotopic (exact) mass is 359 g/mol. The Hall–Kier alpha value is -2.73. The summed E-state index contributed by atoms with van der Waals surface area (Å²) in [5.74, 6) is -0.252. The molecule has 1 heterocycles. The molecule has 1 unspecified atom stereocenters. The highest BCUT2D eigenvalue weighted by atomic mass is 19.3. The van der Waals surface area contributed by atoms with Gasteiger partial charge in [0.25, 0.3) is 5.91 Å². The summed E-state index contributed by atoms with van der Waals surface area (Å²) in [6, 6.07) is 16.4. The van der Waals surface area contributed by atoms with Crippen LogP contribution in [-0.2, 0) is 4.79 Å². The third kappa shape index (κ3) is 4.89. The fourth-order valence-electron chi connectivity index (χ4n) is 3.05. The highest BCUT2D eigenvalue weighted by Gasteiger charge is 2.20. The molecule has 136 valence electrons. The molecule has 26 heavy (non-hydrogen) atoms. The Balaban J connectivity index is 1.56. The number of carbonyl (C=O) groups is 1. The lowest BCUT2D eigenvalue weighted by atomic mass is 10.00. The van der Waals surface area contributed by atoms with Crippen LogP contribution < -0.4 is 15.0 Å². The van der Waals surface area contributed by atoms with Crippen molar-refractivity contribution in [1.82, 2.24) is 0 Å². The van der Waals surface area contributed by atoms with Crippen LogP contribution in [0.1, 0.15) is 12.0 Å². The van der Waals surface area contributed by atoms with Gasteiger partial charge in [-0.3, -0.25) is 4.79 Å². The Labute approximate surface area is 151 Å². The predicted molar refractivity (Wildman–Crippen MR) is 96.3 cm³/mol. The van der Waals surface area contributed by atoms with Crippen molar-refractivity contribution in [2.24, 2.45) is 0 Å². The van der Waals surface area contributed by atoms with Crippen molar-refractivity contribution in [3.63, 3.8) is 0 Å². The van der Waals surface area contributed by atoms with Gasteiger partial charge in [0.2, 0.25) is 0 Å². The maximum absolute atomic E-state index is 12.4. The average Bonchev–Trinajstić information content (AvgIpc) is 2.64. The minimum absolute atomic E-state index is 0.0317. The van der Waals surface area contributed by atoms with Gasteiger partial charge in [-0.2, -0.15) is 8.78 Å². The molecule has 0 radical (unpaired) electrons. The number of para-hydroxylation sites is 2. The van der Waals surface area contributed by atoms with Gasteiger partial charge in [0, 0.05) is 6.42 Å². The van der Waals surface area contributed by atoms with Crippen LogP contribution in [-0.4, -0.2) is 32.2 Å². The van der Waals surface area contributed by atoms with Gasteiger partial charge >= 0.3 is 6.61 Å². The fourth-order valence-corrected chi connectivity index (χ4v) is 3.05. The van der Waals surface area contributed by atoms with Crippen LogP contribution >= 0.6 is 0 Å². The first kappa shape index (κ1) is 18.1. The summed E-state index contributed by atoms with van der Waals surface area (Å²) < 4.78 is 29.3. The molecule has 1 amide bonds. The molecule has 2 aromatic carbocycles. The summed E-state index contributed by atoms with van der Waals surface area (Å²) in [4.78, 5) is 13.4. The molecule has 1 aliphatic heterocycles. The molecular formula is C20H21F2N2O2+. The van der Waals surface area contributed by atoms with Crippen molar-refractivity contribution in [3.05, 3.63) is 66.2 Å². The van der Waals surface area contributed by atoms with E-state index < -0.39 is 6.61 Å². The van der Waals surface area contributed by atoms with Crippen LogP contribution in [0.25, 0.3) is 5.57 Å². The van der Waals surface area contributed by atoms with Crippen LogP contribution in [0.5, 0.6) is 5.75 Å². The quantitative estimate of drug-likeness (QED) is 0.833. The van der Waals surface area contributed by atoms with E-state index in [4.69, 9.17) is 0 Å². The molecule has 2 aromatic rings. The standard InChI is InChI=1S/C20H20F2N2O2/c21-20(22)26-18-9-5-4-8-17(18)23-19(25)14-24-12-10-16(11-13-24)15-6-2-1-3-7-15/h1-10,20H,11-14H2,(H,23,25)/p+1. The second-order valence-electron chi connectivity index (χ2n) is 6.15. The second-order valence-corrected chi connectivity index (χ2v) is 6.15. The highest BCUT2D eigenvalue weighted by molar-refractivity contribution is 5.93. The van der Waals surface area contributed by atoms with Crippen LogP contribution in [0.4, 0.5) is 14.5 Å². The van der Waals surface area contributed by atoms with Crippen molar-refractivity contribution in [1.29, 1.82) is 0 Å². The molecule has 0 fully saturated rings. The normalized spacial score (nSPS) is 16.9. The lowest BCUT2D eigenvalue weighted by molar-refractivity contribution is -0.886. The number of amides is 1. The molecule has 0 spiro atoms. The number of ether oxygens (including phenoxy) is 1. The van der Waals surface area contributed by atoms with E-state index in [1.165, 1.54) is 17.2 Å². The first-order chi connectivity index (χ1) is 12.6. The van der Waals surface area contributed by atoms with E-state index in [2.05, 4.69) is 28.3 Å². The second kappa shape index (κ2) is 8.58. The molecule has 0 saturated carbocycles. The highest BCUT2D eigenvalue weighted by Crippen LogP contribution is 2.25. The first-order valence-electron chi connectivity index (χ1n) is 8.53. The minimum Gasteiger partial charge on any atom is -0.433 e.